The van der Waals surface area contributed by atoms with E-state index in [1.807, 2.05) is 50.2 Å². The van der Waals surface area contributed by atoms with Crippen LogP contribution in [0.25, 0.3) is 6.08 Å². The first-order valence-electron chi connectivity index (χ1n) is 9.81. The summed E-state index contributed by atoms with van der Waals surface area (Å²) in [5.41, 5.74) is 4.44. The maximum atomic E-state index is 12.7. The largest absolute Gasteiger partial charge is 0.488 e. The zero-order valence-electron chi connectivity index (χ0n) is 17.6. The molecular weight excluding hydrogens is 422 g/mol. The van der Waals surface area contributed by atoms with E-state index in [4.69, 9.17) is 21.6 Å². The average Bonchev–Trinajstić information content (AvgIpc) is 2.79. The highest BCUT2D eigenvalue weighted by molar-refractivity contribution is 6.30. The average molecular weight is 442 g/mol. The third-order valence-corrected chi connectivity index (χ3v) is 4.99. The summed E-state index contributed by atoms with van der Waals surface area (Å²) in [6, 6.07) is 21.8. The molecule has 0 aliphatic heterocycles. The zero-order chi connectivity index (χ0) is 23.1. The molecule has 0 unspecified atom stereocenters. The van der Waals surface area contributed by atoms with Crippen molar-refractivity contribution in [3.05, 3.63) is 99.1 Å². The van der Waals surface area contributed by atoms with Gasteiger partial charge in [-0.1, -0.05) is 35.9 Å². The zero-order valence-corrected chi connectivity index (χ0v) is 18.4. The molecule has 0 atom stereocenters. The minimum atomic E-state index is -0.515. The van der Waals surface area contributed by atoms with Gasteiger partial charge in [0, 0.05) is 16.3 Å². The molecule has 0 heterocycles. The van der Waals surface area contributed by atoms with Gasteiger partial charge >= 0.3 is 0 Å². The van der Waals surface area contributed by atoms with E-state index < -0.39 is 5.91 Å². The standard InChI is InChI=1S/C26H20ClN3O2/c1-17-3-4-18(2)24(11-17)30-26(31)22(15-29)12-21-13-23(27)9-10-25(21)32-16-20-7-5-19(14-28)6-8-20/h3-13H,16H2,1-2H3,(H,30,31)/b22-12+. The van der Waals surface area contributed by atoms with Crippen LogP contribution in [0.1, 0.15) is 27.8 Å². The molecule has 32 heavy (non-hydrogen) atoms. The number of rotatable bonds is 6. The number of nitrogens with zero attached hydrogens (tertiary/aromatic N) is 2. The third kappa shape index (κ3) is 5.76. The molecule has 3 aromatic carbocycles. The second-order valence-electron chi connectivity index (χ2n) is 7.22. The van der Waals surface area contributed by atoms with Crippen LogP contribution in [0.2, 0.25) is 5.02 Å². The normalized spacial score (nSPS) is 10.7. The van der Waals surface area contributed by atoms with Crippen LogP contribution in [-0.4, -0.2) is 5.91 Å². The summed E-state index contributed by atoms with van der Waals surface area (Å²) in [5, 5.41) is 21.8. The molecule has 0 saturated heterocycles. The number of amides is 1. The van der Waals surface area contributed by atoms with Crippen LogP contribution in [0.5, 0.6) is 5.75 Å². The molecule has 5 nitrogen and oxygen atoms in total. The van der Waals surface area contributed by atoms with Crippen molar-refractivity contribution in [2.24, 2.45) is 0 Å². The van der Waals surface area contributed by atoms with Gasteiger partial charge in [0.05, 0.1) is 11.6 Å². The lowest BCUT2D eigenvalue weighted by Crippen LogP contribution is -2.14. The van der Waals surface area contributed by atoms with Crippen LogP contribution in [-0.2, 0) is 11.4 Å². The van der Waals surface area contributed by atoms with Crippen molar-refractivity contribution in [2.75, 3.05) is 5.32 Å². The molecule has 3 rings (SSSR count). The summed E-state index contributed by atoms with van der Waals surface area (Å²) < 4.78 is 5.90. The Balaban J connectivity index is 1.84. The molecule has 0 spiro atoms. The molecule has 0 aliphatic carbocycles. The highest BCUT2D eigenvalue weighted by Gasteiger charge is 2.13. The summed E-state index contributed by atoms with van der Waals surface area (Å²) in [5.74, 6) is -0.0368. The fourth-order valence-corrected chi connectivity index (χ4v) is 3.14. The highest BCUT2D eigenvalue weighted by atomic mass is 35.5. The minimum Gasteiger partial charge on any atom is -0.488 e. The second-order valence-corrected chi connectivity index (χ2v) is 7.66. The van der Waals surface area contributed by atoms with E-state index in [9.17, 15) is 10.1 Å². The van der Waals surface area contributed by atoms with Crippen molar-refractivity contribution in [1.82, 2.24) is 0 Å². The van der Waals surface area contributed by atoms with Crippen molar-refractivity contribution >= 4 is 29.3 Å². The van der Waals surface area contributed by atoms with Gasteiger partial charge in [-0.15, -0.1) is 0 Å². The SMILES string of the molecule is Cc1ccc(C)c(NC(=O)/C(C#N)=C/c2cc(Cl)ccc2OCc2ccc(C#N)cc2)c1. The van der Waals surface area contributed by atoms with Gasteiger partial charge in [0.25, 0.3) is 5.91 Å². The number of carbonyl (C=O) groups is 1. The lowest BCUT2D eigenvalue weighted by Gasteiger charge is -2.11. The first-order chi connectivity index (χ1) is 15.4. The number of nitrogens with one attached hydrogen (secondary N) is 1. The Morgan fingerprint density at radius 1 is 1.06 bits per heavy atom. The Morgan fingerprint density at radius 3 is 2.50 bits per heavy atom. The number of ether oxygens (including phenoxy) is 1. The molecule has 0 radical (unpaired) electrons. The van der Waals surface area contributed by atoms with Crippen molar-refractivity contribution in [3.8, 4) is 17.9 Å². The smallest absolute Gasteiger partial charge is 0.266 e. The molecule has 0 saturated carbocycles. The van der Waals surface area contributed by atoms with E-state index in [1.165, 1.54) is 6.08 Å². The van der Waals surface area contributed by atoms with Gasteiger partial charge < -0.3 is 10.1 Å². The molecule has 158 valence electrons. The monoisotopic (exact) mass is 441 g/mol. The molecule has 0 aliphatic rings. The van der Waals surface area contributed by atoms with E-state index in [0.29, 0.717) is 27.6 Å². The third-order valence-electron chi connectivity index (χ3n) is 4.76. The van der Waals surface area contributed by atoms with Crippen molar-refractivity contribution < 1.29 is 9.53 Å². The van der Waals surface area contributed by atoms with Crippen LogP contribution in [0.3, 0.4) is 0 Å². The molecular formula is C26H20ClN3O2. The lowest BCUT2D eigenvalue weighted by molar-refractivity contribution is -0.112. The summed E-state index contributed by atoms with van der Waals surface area (Å²) in [6.07, 6.45) is 1.46. The van der Waals surface area contributed by atoms with Crippen molar-refractivity contribution in [3.63, 3.8) is 0 Å². The van der Waals surface area contributed by atoms with Crippen molar-refractivity contribution in [1.29, 1.82) is 10.5 Å². The highest BCUT2D eigenvalue weighted by Crippen LogP contribution is 2.27. The quantitative estimate of drug-likeness (QED) is 0.378. The van der Waals surface area contributed by atoms with Gasteiger partial charge in [0.2, 0.25) is 0 Å². The summed E-state index contributed by atoms with van der Waals surface area (Å²) >= 11 is 6.14. The Morgan fingerprint density at radius 2 is 1.81 bits per heavy atom. The number of halogens is 1. The first-order valence-corrected chi connectivity index (χ1v) is 10.2. The summed E-state index contributed by atoms with van der Waals surface area (Å²) in [7, 11) is 0. The number of carbonyl (C=O) groups excluding carboxylic acids is 1. The first kappa shape index (κ1) is 22.6. The Kier molecular flexibility index (Phi) is 7.29. The Hall–Kier alpha value is -4.06. The number of aryl methyl sites for hydroxylation is 2. The van der Waals surface area contributed by atoms with Gasteiger partial charge in [-0.3, -0.25) is 4.79 Å². The van der Waals surface area contributed by atoms with Gasteiger partial charge in [-0.05, 0) is 73.0 Å². The van der Waals surface area contributed by atoms with Gasteiger partial charge in [0.15, 0.2) is 0 Å². The molecule has 0 bridgehead atoms. The molecule has 1 amide bonds. The maximum absolute atomic E-state index is 12.7. The number of nitriles is 2. The van der Waals surface area contributed by atoms with Gasteiger partial charge in [-0.25, -0.2) is 0 Å². The predicted molar refractivity (Wildman–Crippen MR) is 125 cm³/mol. The summed E-state index contributed by atoms with van der Waals surface area (Å²) in [4.78, 5) is 12.7. The van der Waals surface area contributed by atoms with E-state index in [2.05, 4.69) is 11.4 Å². The Bertz CT molecular complexity index is 1270. The van der Waals surface area contributed by atoms with Gasteiger partial charge in [-0.2, -0.15) is 10.5 Å². The lowest BCUT2D eigenvalue weighted by atomic mass is 10.1. The van der Waals surface area contributed by atoms with Crippen LogP contribution in [0.15, 0.2) is 66.2 Å². The van der Waals surface area contributed by atoms with E-state index in [0.717, 1.165) is 16.7 Å². The molecule has 6 heteroatoms. The Labute approximate surface area is 192 Å². The van der Waals surface area contributed by atoms with E-state index in [-0.39, 0.29) is 12.2 Å². The number of anilines is 1. The maximum Gasteiger partial charge on any atom is 0.266 e. The minimum absolute atomic E-state index is 0.0728. The second kappa shape index (κ2) is 10.3. The molecule has 0 aromatic heterocycles. The number of hydrogen-bond acceptors (Lipinski definition) is 4. The van der Waals surface area contributed by atoms with Gasteiger partial charge in [0.1, 0.15) is 24.0 Å². The van der Waals surface area contributed by atoms with Crippen LogP contribution < -0.4 is 10.1 Å². The fourth-order valence-electron chi connectivity index (χ4n) is 2.96. The topological polar surface area (TPSA) is 85.9 Å². The van der Waals surface area contributed by atoms with E-state index >= 15 is 0 Å². The van der Waals surface area contributed by atoms with Crippen LogP contribution in [0, 0.1) is 36.5 Å². The predicted octanol–water partition coefficient (Wildman–Crippen LogP) is 5.95. The number of benzene rings is 3. The van der Waals surface area contributed by atoms with Crippen molar-refractivity contribution in [2.45, 2.75) is 20.5 Å². The molecule has 0 fully saturated rings. The van der Waals surface area contributed by atoms with E-state index in [1.54, 1.807) is 30.3 Å². The van der Waals surface area contributed by atoms with Crippen LogP contribution >= 0.6 is 11.6 Å². The molecule has 3 aromatic rings. The summed E-state index contributed by atoms with van der Waals surface area (Å²) in [6.45, 7) is 4.07. The number of hydrogen-bond donors (Lipinski definition) is 1. The fraction of sp³-hybridized carbons (Fsp3) is 0.115. The molecule has 1 N–H and O–H groups in total. The van der Waals surface area contributed by atoms with Crippen LogP contribution in [0.4, 0.5) is 5.69 Å².